The van der Waals surface area contributed by atoms with Crippen molar-refractivity contribution >= 4 is 14.0 Å². The lowest BCUT2D eigenvalue weighted by Crippen LogP contribution is -2.40. The minimum atomic E-state index is -3.02. The maximum Gasteiger partial charge on any atom is 0.488 e. The summed E-state index contributed by atoms with van der Waals surface area (Å²) in [6, 6.07) is 8.81. The topological polar surface area (TPSA) is 75.7 Å². The summed E-state index contributed by atoms with van der Waals surface area (Å²) in [5.74, 6) is 0.0953. The van der Waals surface area contributed by atoms with Crippen LogP contribution in [0.3, 0.4) is 0 Å². The zero-order valence-corrected chi connectivity index (χ0v) is 10.5. The molecule has 1 unspecified atom stereocenters. The zero-order valence-electron chi connectivity index (χ0n) is 9.58. The van der Waals surface area contributed by atoms with Gasteiger partial charge in [-0.15, -0.1) is 4.52 Å². The van der Waals surface area contributed by atoms with Gasteiger partial charge in [-0.25, -0.2) is 0 Å². The highest BCUT2D eigenvalue weighted by atomic mass is 31.1. The first-order valence-electron chi connectivity index (χ1n) is 4.96. The lowest BCUT2D eigenvalue weighted by atomic mass is 10.0. The van der Waals surface area contributed by atoms with Gasteiger partial charge in [0.1, 0.15) is 5.75 Å². The number of Topliss-reactive ketones (excluding diaryl/α,β-unsaturated/α-hetero) is 1. The Morgan fingerprint density at radius 2 is 1.94 bits per heavy atom. The summed E-state index contributed by atoms with van der Waals surface area (Å²) in [5, 5.41) is 0. The standard InChI is InChI=1S/C11H13O5P/c1-11(2,10(12)8-15-17(13)14)16-9-6-4-3-5-7-9/h3-7H,8H2,1-2H3. The molecule has 0 heterocycles. The van der Waals surface area contributed by atoms with E-state index in [9.17, 15) is 14.3 Å². The average molecular weight is 256 g/mol. The third-order valence-electron chi connectivity index (χ3n) is 2.09. The van der Waals surface area contributed by atoms with Crippen LogP contribution in [-0.4, -0.2) is 18.0 Å². The van der Waals surface area contributed by atoms with Crippen molar-refractivity contribution in [3.63, 3.8) is 0 Å². The van der Waals surface area contributed by atoms with E-state index in [1.807, 2.05) is 6.07 Å². The molecule has 1 atom stereocenters. The van der Waals surface area contributed by atoms with Crippen LogP contribution in [0.2, 0.25) is 0 Å². The van der Waals surface area contributed by atoms with E-state index >= 15 is 0 Å². The second-order valence-electron chi connectivity index (χ2n) is 3.85. The van der Waals surface area contributed by atoms with Crippen molar-refractivity contribution in [2.45, 2.75) is 19.4 Å². The van der Waals surface area contributed by atoms with Crippen LogP contribution in [0.5, 0.6) is 5.75 Å². The van der Waals surface area contributed by atoms with Crippen molar-refractivity contribution in [3.8, 4) is 5.75 Å². The first-order chi connectivity index (χ1) is 7.92. The highest BCUT2D eigenvalue weighted by Crippen LogP contribution is 2.20. The van der Waals surface area contributed by atoms with Crippen LogP contribution < -0.4 is 9.63 Å². The molecule has 1 aromatic carbocycles. The molecule has 0 N–H and O–H groups in total. The van der Waals surface area contributed by atoms with E-state index in [0.29, 0.717) is 5.75 Å². The zero-order chi connectivity index (χ0) is 12.9. The molecule has 0 saturated carbocycles. The van der Waals surface area contributed by atoms with Crippen LogP contribution in [-0.2, 0) is 13.9 Å². The number of ketones is 1. The second kappa shape index (κ2) is 5.87. The van der Waals surface area contributed by atoms with Gasteiger partial charge in [-0.1, -0.05) is 18.2 Å². The van der Waals surface area contributed by atoms with Gasteiger partial charge in [-0.05, 0) is 30.5 Å². The molecule has 0 spiro atoms. The lowest BCUT2D eigenvalue weighted by molar-refractivity contribution is -0.186. The van der Waals surface area contributed by atoms with Gasteiger partial charge in [0.15, 0.2) is 12.2 Å². The van der Waals surface area contributed by atoms with Gasteiger partial charge >= 0.3 is 8.25 Å². The van der Waals surface area contributed by atoms with E-state index < -0.39 is 26.2 Å². The summed E-state index contributed by atoms with van der Waals surface area (Å²) in [6.07, 6.45) is 0. The molecule has 1 aromatic rings. The Balaban J connectivity index is 2.61. The molecule has 0 saturated heterocycles. The molecule has 0 aliphatic carbocycles. The number of para-hydroxylation sites is 1. The largest absolute Gasteiger partial charge is 0.566 e. The minimum absolute atomic E-state index is 0.444. The number of carbonyl (C=O) groups excluding carboxylic acids is 1. The van der Waals surface area contributed by atoms with Gasteiger partial charge in [0.05, 0.1) is 0 Å². The summed E-state index contributed by atoms with van der Waals surface area (Å²) >= 11 is 0. The summed E-state index contributed by atoms with van der Waals surface area (Å²) in [6.45, 7) is 2.60. The third-order valence-corrected chi connectivity index (χ3v) is 2.43. The van der Waals surface area contributed by atoms with Gasteiger partial charge in [0.2, 0.25) is 5.78 Å². The smallest absolute Gasteiger partial charge is 0.488 e. The van der Waals surface area contributed by atoms with Crippen molar-refractivity contribution in [2.75, 3.05) is 6.61 Å². The second-order valence-corrected chi connectivity index (χ2v) is 4.55. The minimum Gasteiger partial charge on any atom is -0.566 e. The Kier molecular flexibility index (Phi) is 4.75. The average Bonchev–Trinajstić information content (AvgIpc) is 2.26. The number of ether oxygens (including phenoxy) is 1. The van der Waals surface area contributed by atoms with Crippen molar-refractivity contribution in [1.82, 2.24) is 0 Å². The van der Waals surface area contributed by atoms with Crippen LogP contribution in [0.25, 0.3) is 0 Å². The Bertz CT molecular complexity index is 402. The number of hydrogen-bond acceptors (Lipinski definition) is 5. The highest BCUT2D eigenvalue weighted by molar-refractivity contribution is 7.30. The van der Waals surface area contributed by atoms with E-state index in [-0.39, 0.29) is 0 Å². The normalized spacial score (nSPS) is 12.1. The SMILES string of the molecule is CC(C)(Oc1ccccc1)C(=O)CO[P+](=O)[O-]. The maximum absolute atomic E-state index is 11.7. The Labute approximate surface area is 100 Å². The van der Waals surface area contributed by atoms with Gasteiger partial charge < -0.3 is 9.63 Å². The summed E-state index contributed by atoms with van der Waals surface area (Å²) in [7, 11) is -3.02. The van der Waals surface area contributed by atoms with Crippen molar-refractivity contribution in [3.05, 3.63) is 30.3 Å². The van der Waals surface area contributed by atoms with Crippen molar-refractivity contribution in [2.24, 2.45) is 0 Å². The van der Waals surface area contributed by atoms with E-state index in [1.54, 1.807) is 38.1 Å². The Hall–Kier alpha value is -1.29. The molecule has 92 valence electrons. The van der Waals surface area contributed by atoms with Crippen molar-refractivity contribution in [1.29, 1.82) is 0 Å². The molecule has 0 bridgehead atoms. The molecular weight excluding hydrogens is 243 g/mol. The molecule has 1 rings (SSSR count). The fraction of sp³-hybridized carbons (Fsp3) is 0.364. The van der Waals surface area contributed by atoms with Crippen LogP contribution in [0, 0.1) is 0 Å². The van der Waals surface area contributed by atoms with Crippen LogP contribution >= 0.6 is 8.25 Å². The number of benzene rings is 1. The summed E-state index contributed by atoms with van der Waals surface area (Å²) in [5.41, 5.74) is -1.13. The Morgan fingerprint density at radius 3 is 2.47 bits per heavy atom. The predicted octanol–water partition coefficient (Wildman–Crippen LogP) is 1.45. The van der Waals surface area contributed by atoms with Gasteiger partial charge in [-0.3, -0.25) is 4.79 Å². The van der Waals surface area contributed by atoms with Crippen LogP contribution in [0.4, 0.5) is 0 Å². The van der Waals surface area contributed by atoms with Crippen LogP contribution in [0.1, 0.15) is 13.8 Å². The molecule has 5 nitrogen and oxygen atoms in total. The third kappa shape index (κ3) is 4.61. The molecule has 0 fully saturated rings. The van der Waals surface area contributed by atoms with Crippen LogP contribution in [0.15, 0.2) is 30.3 Å². The van der Waals surface area contributed by atoms with E-state index in [1.165, 1.54) is 0 Å². The molecule has 6 heteroatoms. The van der Waals surface area contributed by atoms with E-state index in [0.717, 1.165) is 0 Å². The lowest BCUT2D eigenvalue weighted by Gasteiger charge is -2.23. The maximum atomic E-state index is 11.7. The first-order valence-corrected chi connectivity index (χ1v) is 6.06. The van der Waals surface area contributed by atoms with Crippen molar-refractivity contribution < 1.29 is 23.5 Å². The summed E-state index contributed by atoms with van der Waals surface area (Å²) < 4.78 is 19.9. The fourth-order valence-corrected chi connectivity index (χ4v) is 1.35. The molecule has 0 radical (unpaired) electrons. The number of carbonyl (C=O) groups is 1. The summed E-state index contributed by atoms with van der Waals surface area (Å²) in [4.78, 5) is 21.9. The van der Waals surface area contributed by atoms with E-state index in [4.69, 9.17) is 4.74 Å². The van der Waals surface area contributed by atoms with Gasteiger partial charge in [0.25, 0.3) is 0 Å². The highest BCUT2D eigenvalue weighted by Gasteiger charge is 2.31. The monoisotopic (exact) mass is 256 g/mol. The fourth-order valence-electron chi connectivity index (χ4n) is 1.13. The molecule has 0 aliphatic heterocycles. The molecule has 0 aliphatic rings. The van der Waals surface area contributed by atoms with E-state index in [2.05, 4.69) is 4.52 Å². The number of hydrogen-bond donors (Lipinski definition) is 0. The van der Waals surface area contributed by atoms with Gasteiger partial charge in [0, 0.05) is 0 Å². The number of rotatable bonds is 6. The molecule has 0 aromatic heterocycles. The molecule has 17 heavy (non-hydrogen) atoms. The van der Waals surface area contributed by atoms with Gasteiger partial charge in [-0.2, -0.15) is 0 Å². The predicted molar refractivity (Wildman–Crippen MR) is 59.7 cm³/mol. The first kappa shape index (κ1) is 13.8. The molecular formula is C11H13O5P. The molecule has 0 amide bonds. The quantitative estimate of drug-likeness (QED) is 0.720. The Morgan fingerprint density at radius 1 is 1.35 bits per heavy atom.